The standard InChI is InChI=1S/C10H14F2N2O3/c1-2-7(15)5-10-13-9(14-17-10)3-4-16-6-8(11)12/h8H,2-6H2,1H3. The molecule has 1 rings (SSSR count). The van der Waals surface area contributed by atoms with Crippen LogP contribution in [0.15, 0.2) is 4.52 Å². The van der Waals surface area contributed by atoms with E-state index in [0.717, 1.165) is 0 Å². The minimum absolute atomic E-state index is 0.00847. The molecule has 1 aromatic rings. The quantitative estimate of drug-likeness (QED) is 0.651. The number of aromatic nitrogens is 2. The molecular formula is C10H14F2N2O3. The molecule has 0 fully saturated rings. The lowest BCUT2D eigenvalue weighted by molar-refractivity contribution is -0.118. The molecule has 0 aliphatic carbocycles. The summed E-state index contributed by atoms with van der Waals surface area (Å²) in [6.07, 6.45) is -1.66. The molecule has 96 valence electrons. The van der Waals surface area contributed by atoms with Gasteiger partial charge in [0.05, 0.1) is 13.0 Å². The Morgan fingerprint density at radius 3 is 2.94 bits per heavy atom. The molecule has 1 aromatic heterocycles. The third-order valence-corrected chi connectivity index (χ3v) is 1.97. The van der Waals surface area contributed by atoms with Crippen LogP contribution in [0.25, 0.3) is 0 Å². The highest BCUT2D eigenvalue weighted by Crippen LogP contribution is 2.02. The third-order valence-electron chi connectivity index (χ3n) is 1.97. The third kappa shape index (κ3) is 5.48. The summed E-state index contributed by atoms with van der Waals surface area (Å²) >= 11 is 0. The molecule has 0 atom stereocenters. The Balaban J connectivity index is 2.28. The number of rotatable bonds is 8. The summed E-state index contributed by atoms with van der Waals surface area (Å²) in [5.74, 6) is 0.619. The fourth-order valence-electron chi connectivity index (χ4n) is 1.09. The van der Waals surface area contributed by atoms with Crippen molar-refractivity contribution < 1.29 is 22.8 Å². The number of carbonyl (C=O) groups is 1. The van der Waals surface area contributed by atoms with Crippen LogP contribution < -0.4 is 0 Å². The second-order valence-corrected chi connectivity index (χ2v) is 3.39. The van der Waals surface area contributed by atoms with Crippen LogP contribution in [0.1, 0.15) is 25.1 Å². The molecule has 0 bridgehead atoms. The fourth-order valence-corrected chi connectivity index (χ4v) is 1.09. The van der Waals surface area contributed by atoms with Crippen molar-refractivity contribution in [2.24, 2.45) is 0 Å². The lowest BCUT2D eigenvalue weighted by atomic mass is 10.2. The van der Waals surface area contributed by atoms with Crippen LogP contribution in [-0.4, -0.2) is 35.6 Å². The molecule has 5 nitrogen and oxygen atoms in total. The summed E-state index contributed by atoms with van der Waals surface area (Å²) in [5.41, 5.74) is 0. The van der Waals surface area contributed by atoms with Gasteiger partial charge in [0.25, 0.3) is 6.43 Å². The minimum Gasteiger partial charge on any atom is -0.375 e. The number of halogens is 2. The van der Waals surface area contributed by atoms with Crippen LogP contribution in [-0.2, 0) is 22.4 Å². The van der Waals surface area contributed by atoms with E-state index < -0.39 is 13.0 Å². The summed E-state index contributed by atoms with van der Waals surface area (Å²) in [6.45, 7) is 1.25. The van der Waals surface area contributed by atoms with Crippen molar-refractivity contribution in [2.75, 3.05) is 13.2 Å². The molecule has 0 N–H and O–H groups in total. The minimum atomic E-state index is -2.47. The number of carbonyl (C=O) groups excluding carboxylic acids is 1. The molecule has 1 heterocycles. The molecule has 0 amide bonds. The fraction of sp³-hybridized carbons (Fsp3) is 0.700. The monoisotopic (exact) mass is 248 g/mol. The zero-order valence-electron chi connectivity index (χ0n) is 9.49. The van der Waals surface area contributed by atoms with Crippen molar-refractivity contribution in [3.8, 4) is 0 Å². The molecule has 0 spiro atoms. The van der Waals surface area contributed by atoms with Gasteiger partial charge in [-0.1, -0.05) is 12.1 Å². The number of hydrogen-bond acceptors (Lipinski definition) is 5. The second kappa shape index (κ2) is 7.05. The maximum atomic E-state index is 11.7. The molecule has 0 aliphatic rings. The molecule has 0 radical (unpaired) electrons. The van der Waals surface area contributed by atoms with Crippen LogP contribution >= 0.6 is 0 Å². The van der Waals surface area contributed by atoms with Crippen LogP contribution in [0.2, 0.25) is 0 Å². The van der Waals surface area contributed by atoms with Crippen molar-refractivity contribution in [2.45, 2.75) is 32.6 Å². The zero-order chi connectivity index (χ0) is 12.7. The Morgan fingerprint density at radius 2 is 2.29 bits per heavy atom. The largest absolute Gasteiger partial charge is 0.375 e. The van der Waals surface area contributed by atoms with Crippen LogP contribution in [0.5, 0.6) is 0 Å². The van der Waals surface area contributed by atoms with E-state index >= 15 is 0 Å². The first-order chi connectivity index (χ1) is 8.11. The number of Topliss-reactive ketones (excluding diaryl/α,β-unsaturated/α-hetero) is 1. The van der Waals surface area contributed by atoms with Crippen LogP contribution in [0.4, 0.5) is 8.78 Å². The Hall–Kier alpha value is -1.37. The summed E-state index contributed by atoms with van der Waals surface area (Å²) in [5, 5.41) is 3.61. The molecule has 17 heavy (non-hydrogen) atoms. The Bertz CT molecular complexity index is 355. The van der Waals surface area contributed by atoms with E-state index in [2.05, 4.69) is 14.9 Å². The molecule has 0 saturated carbocycles. The lowest BCUT2D eigenvalue weighted by Gasteiger charge is -1.99. The first-order valence-corrected chi connectivity index (χ1v) is 5.30. The Kier molecular flexibility index (Phi) is 5.68. The maximum Gasteiger partial charge on any atom is 0.261 e. The SMILES string of the molecule is CCC(=O)Cc1nc(CCOCC(F)F)no1. The summed E-state index contributed by atoms with van der Waals surface area (Å²) < 4.78 is 33.0. The van der Waals surface area contributed by atoms with Crippen molar-refractivity contribution in [3.05, 3.63) is 11.7 Å². The Morgan fingerprint density at radius 1 is 1.53 bits per heavy atom. The van der Waals surface area contributed by atoms with Crippen LogP contribution in [0.3, 0.4) is 0 Å². The normalized spacial score (nSPS) is 11.1. The molecule has 0 aliphatic heterocycles. The highest BCUT2D eigenvalue weighted by molar-refractivity contribution is 5.79. The van der Waals surface area contributed by atoms with Crippen molar-refractivity contribution >= 4 is 5.78 Å². The van der Waals surface area contributed by atoms with Gasteiger partial charge in [0.1, 0.15) is 12.4 Å². The molecule has 0 aromatic carbocycles. The van der Waals surface area contributed by atoms with Gasteiger partial charge in [-0.15, -0.1) is 0 Å². The van der Waals surface area contributed by atoms with Gasteiger partial charge in [-0.05, 0) is 0 Å². The van der Waals surface area contributed by atoms with E-state index in [0.29, 0.717) is 12.2 Å². The van der Waals surface area contributed by atoms with E-state index in [9.17, 15) is 13.6 Å². The van der Waals surface area contributed by atoms with Crippen LogP contribution in [0, 0.1) is 0 Å². The average Bonchev–Trinajstić information content (AvgIpc) is 2.72. The molecule has 7 heteroatoms. The number of alkyl halides is 2. The van der Waals surface area contributed by atoms with Gasteiger partial charge in [-0.25, -0.2) is 8.78 Å². The Labute approximate surface area is 97.1 Å². The van der Waals surface area contributed by atoms with Crippen molar-refractivity contribution in [3.63, 3.8) is 0 Å². The topological polar surface area (TPSA) is 65.2 Å². The first-order valence-electron chi connectivity index (χ1n) is 5.30. The molecule has 0 saturated heterocycles. The highest BCUT2D eigenvalue weighted by Gasteiger charge is 2.10. The summed E-state index contributed by atoms with van der Waals surface area (Å²) in [4.78, 5) is 15.0. The van der Waals surface area contributed by atoms with E-state index in [1.165, 1.54) is 0 Å². The van der Waals surface area contributed by atoms with Gasteiger partial charge in [0.15, 0.2) is 5.82 Å². The van der Waals surface area contributed by atoms with E-state index in [1.807, 2.05) is 0 Å². The van der Waals surface area contributed by atoms with Crippen molar-refractivity contribution in [1.29, 1.82) is 0 Å². The smallest absolute Gasteiger partial charge is 0.261 e. The lowest BCUT2D eigenvalue weighted by Crippen LogP contribution is -2.07. The molecule has 0 unspecified atom stereocenters. The number of hydrogen-bond donors (Lipinski definition) is 0. The summed E-state index contributed by atoms with van der Waals surface area (Å²) in [6, 6.07) is 0. The summed E-state index contributed by atoms with van der Waals surface area (Å²) in [7, 11) is 0. The predicted molar refractivity (Wildman–Crippen MR) is 53.8 cm³/mol. The van der Waals surface area contributed by atoms with E-state index in [-0.39, 0.29) is 31.1 Å². The van der Waals surface area contributed by atoms with Gasteiger partial charge >= 0.3 is 0 Å². The first kappa shape index (κ1) is 13.7. The van der Waals surface area contributed by atoms with Gasteiger partial charge in [0, 0.05) is 12.8 Å². The van der Waals surface area contributed by atoms with Crippen molar-refractivity contribution in [1.82, 2.24) is 10.1 Å². The highest BCUT2D eigenvalue weighted by atomic mass is 19.3. The van der Waals surface area contributed by atoms with Gasteiger partial charge < -0.3 is 9.26 Å². The van der Waals surface area contributed by atoms with E-state index in [1.54, 1.807) is 6.92 Å². The van der Waals surface area contributed by atoms with Gasteiger partial charge in [-0.3, -0.25) is 4.79 Å². The van der Waals surface area contributed by atoms with E-state index in [4.69, 9.17) is 4.52 Å². The predicted octanol–water partition coefficient (Wildman–Crippen LogP) is 1.42. The van der Waals surface area contributed by atoms with Gasteiger partial charge in [-0.2, -0.15) is 4.98 Å². The maximum absolute atomic E-state index is 11.7. The average molecular weight is 248 g/mol. The van der Waals surface area contributed by atoms with Gasteiger partial charge in [0.2, 0.25) is 5.89 Å². The number of ether oxygens (including phenoxy) is 1. The zero-order valence-corrected chi connectivity index (χ0v) is 9.49. The number of nitrogens with zero attached hydrogens (tertiary/aromatic N) is 2. The second-order valence-electron chi connectivity index (χ2n) is 3.39. The molecular weight excluding hydrogens is 234 g/mol. The number of ketones is 1.